The van der Waals surface area contributed by atoms with Gasteiger partial charge in [-0.05, 0) is 73.1 Å². The van der Waals surface area contributed by atoms with Gasteiger partial charge in [0.1, 0.15) is 5.82 Å². The second kappa shape index (κ2) is 10.6. The number of benzene rings is 2. The molecule has 1 saturated heterocycles. The number of carbonyl (C=O) groups excluding carboxylic acids is 1. The van der Waals surface area contributed by atoms with Gasteiger partial charge in [0.2, 0.25) is 5.91 Å². The Bertz CT molecular complexity index is 1280. The molecule has 3 unspecified atom stereocenters. The Hall–Kier alpha value is -2.70. The molecule has 1 N–H and O–H groups in total. The van der Waals surface area contributed by atoms with Gasteiger partial charge in [-0.15, -0.1) is 0 Å². The Morgan fingerprint density at radius 1 is 1.11 bits per heavy atom. The first-order chi connectivity index (χ1) is 17.7. The lowest BCUT2D eigenvalue weighted by atomic mass is 9.97. The second-order valence-corrected chi connectivity index (χ2v) is 11.8. The fraction of sp³-hybridized carbons (Fsp3) is 0.548. The van der Waals surface area contributed by atoms with E-state index in [1.807, 2.05) is 21.0 Å². The molecule has 2 aromatic carbocycles. The number of aryl methyl sites for hydroxylation is 1. The highest BCUT2D eigenvalue weighted by Gasteiger charge is 2.35. The third kappa shape index (κ3) is 5.32. The van der Waals surface area contributed by atoms with Crippen LogP contribution < -0.4 is 5.32 Å². The van der Waals surface area contributed by atoms with E-state index >= 15 is 0 Å². The number of anilines is 1. The molecule has 1 aliphatic heterocycles. The van der Waals surface area contributed by atoms with Crippen molar-refractivity contribution in [3.8, 4) is 0 Å². The number of aromatic nitrogens is 2. The van der Waals surface area contributed by atoms with E-state index in [1.165, 1.54) is 22.2 Å². The van der Waals surface area contributed by atoms with Crippen LogP contribution in [0.4, 0.5) is 5.69 Å². The number of nitrogens with one attached hydrogen (secondary N) is 1. The fourth-order valence-electron chi connectivity index (χ4n) is 6.21. The lowest BCUT2D eigenvalue weighted by Gasteiger charge is -2.40. The molecule has 1 aliphatic carbocycles. The smallest absolute Gasteiger partial charge is 0.226 e. The van der Waals surface area contributed by atoms with Crippen LogP contribution in [0, 0.1) is 18.8 Å². The predicted octanol–water partition coefficient (Wildman–Crippen LogP) is 5.74. The Balaban J connectivity index is 1.27. The van der Waals surface area contributed by atoms with Crippen LogP contribution in [0.3, 0.4) is 0 Å². The molecule has 5 rings (SSSR count). The number of methoxy groups -OCH3 is 1. The first-order valence-electron chi connectivity index (χ1n) is 13.9. The van der Waals surface area contributed by atoms with E-state index in [2.05, 4.69) is 72.0 Å². The molecule has 0 saturated carbocycles. The first-order valence-corrected chi connectivity index (χ1v) is 13.9. The van der Waals surface area contributed by atoms with Gasteiger partial charge in [-0.3, -0.25) is 4.79 Å². The predicted molar refractivity (Wildman–Crippen MR) is 150 cm³/mol. The summed E-state index contributed by atoms with van der Waals surface area (Å²) >= 11 is 0. The summed E-state index contributed by atoms with van der Waals surface area (Å²) in [5.41, 5.74) is 7.29. The van der Waals surface area contributed by atoms with Crippen LogP contribution in [0.25, 0.3) is 11.0 Å². The van der Waals surface area contributed by atoms with Gasteiger partial charge in [-0.25, -0.2) is 4.98 Å². The Labute approximate surface area is 221 Å². The minimum absolute atomic E-state index is 0.0151. The molecule has 2 aliphatic rings. The molecule has 1 fully saturated rings. The zero-order valence-electron chi connectivity index (χ0n) is 23.3. The zero-order chi connectivity index (χ0) is 26.3. The second-order valence-electron chi connectivity index (χ2n) is 11.8. The molecule has 0 bridgehead atoms. The Kier molecular flexibility index (Phi) is 7.42. The minimum Gasteiger partial charge on any atom is -0.378 e. The van der Waals surface area contributed by atoms with Crippen LogP contribution in [-0.2, 0) is 22.4 Å². The van der Waals surface area contributed by atoms with Gasteiger partial charge in [-0.2, -0.15) is 0 Å². The van der Waals surface area contributed by atoms with Crippen LogP contribution in [0.5, 0.6) is 0 Å². The van der Waals surface area contributed by atoms with Crippen molar-refractivity contribution in [1.82, 2.24) is 14.5 Å². The number of fused-ring (bicyclic) bond motifs is 2. The largest absolute Gasteiger partial charge is 0.378 e. The van der Waals surface area contributed by atoms with E-state index in [1.54, 1.807) is 0 Å². The minimum atomic E-state index is -0.0151. The number of imidazole rings is 1. The molecule has 1 amide bonds. The number of likely N-dealkylation sites (tertiary alicyclic amines) is 1. The summed E-state index contributed by atoms with van der Waals surface area (Å²) < 4.78 is 8.61. The van der Waals surface area contributed by atoms with Crippen LogP contribution in [0.1, 0.15) is 68.6 Å². The van der Waals surface area contributed by atoms with Crippen molar-refractivity contribution in [3.63, 3.8) is 0 Å². The summed E-state index contributed by atoms with van der Waals surface area (Å²) in [4.78, 5) is 19.8. The monoisotopic (exact) mass is 502 g/mol. The van der Waals surface area contributed by atoms with Gasteiger partial charge < -0.3 is 19.5 Å². The summed E-state index contributed by atoms with van der Waals surface area (Å²) in [5.74, 6) is 2.18. The fourth-order valence-corrected chi connectivity index (χ4v) is 6.21. The molecule has 0 spiro atoms. The molecular formula is C31H42N4O2. The molecule has 6 nitrogen and oxygen atoms in total. The number of rotatable bonds is 7. The maximum absolute atomic E-state index is 12.1. The van der Waals surface area contributed by atoms with Crippen molar-refractivity contribution < 1.29 is 9.53 Å². The number of piperidine rings is 1. The molecule has 6 heteroatoms. The highest BCUT2D eigenvalue weighted by atomic mass is 16.5. The molecule has 0 radical (unpaired) electrons. The van der Waals surface area contributed by atoms with E-state index in [0.29, 0.717) is 17.9 Å². The van der Waals surface area contributed by atoms with Gasteiger partial charge in [0.25, 0.3) is 0 Å². The number of hydrogen-bond acceptors (Lipinski definition) is 4. The van der Waals surface area contributed by atoms with Crippen molar-refractivity contribution in [3.05, 3.63) is 58.9 Å². The van der Waals surface area contributed by atoms with E-state index < -0.39 is 0 Å². The highest BCUT2D eigenvalue weighted by molar-refractivity contribution is 5.92. The van der Waals surface area contributed by atoms with Gasteiger partial charge in [-0.1, -0.05) is 39.8 Å². The van der Waals surface area contributed by atoms with Crippen LogP contribution in [0.15, 0.2) is 36.4 Å². The van der Waals surface area contributed by atoms with Crippen molar-refractivity contribution >= 4 is 22.6 Å². The standard InChI is InChI=1S/C31H42N4O2/c1-19(2)30-33-26-13-21(5)7-10-27(26)35(30)28-11-12-34(18-29(28)37-6)17-22-14-23-8-9-25(16-24(23)15-22)32-31(36)20(3)4/h7-10,13,16,19-20,22,28-29H,11-12,14-15,17-18H2,1-6H3,(H,32,36). The van der Waals surface area contributed by atoms with E-state index in [9.17, 15) is 4.79 Å². The molecule has 3 atom stereocenters. The maximum atomic E-state index is 12.1. The van der Waals surface area contributed by atoms with E-state index in [-0.39, 0.29) is 17.9 Å². The van der Waals surface area contributed by atoms with E-state index in [4.69, 9.17) is 9.72 Å². The average Bonchev–Trinajstić information content (AvgIpc) is 3.44. The van der Waals surface area contributed by atoms with Gasteiger partial charge in [0, 0.05) is 44.3 Å². The number of carbonyl (C=O) groups is 1. The lowest BCUT2D eigenvalue weighted by Crippen LogP contribution is -2.47. The molecule has 1 aromatic heterocycles. The summed E-state index contributed by atoms with van der Waals surface area (Å²) in [6.07, 6.45) is 3.37. The van der Waals surface area contributed by atoms with Crippen molar-refractivity contribution in [2.45, 2.75) is 71.9 Å². The van der Waals surface area contributed by atoms with Crippen LogP contribution in [0.2, 0.25) is 0 Å². The summed E-state index contributed by atoms with van der Waals surface area (Å²) in [5, 5.41) is 3.05. The van der Waals surface area contributed by atoms with E-state index in [0.717, 1.165) is 55.9 Å². The summed E-state index contributed by atoms with van der Waals surface area (Å²) in [6, 6.07) is 13.4. The molecule has 2 heterocycles. The number of hydrogen-bond donors (Lipinski definition) is 1. The maximum Gasteiger partial charge on any atom is 0.226 e. The molecule has 3 aromatic rings. The average molecular weight is 503 g/mol. The number of amides is 1. The van der Waals surface area contributed by atoms with Crippen molar-refractivity contribution in [2.24, 2.45) is 11.8 Å². The summed E-state index contributed by atoms with van der Waals surface area (Å²) in [6.45, 7) is 13.5. The SMILES string of the molecule is COC1CN(CC2Cc3ccc(NC(=O)C(C)C)cc3C2)CCC1n1c(C(C)C)nc2cc(C)ccc21. The van der Waals surface area contributed by atoms with Gasteiger partial charge in [0.05, 0.1) is 23.2 Å². The molecule has 198 valence electrons. The third-order valence-electron chi connectivity index (χ3n) is 8.16. The first kappa shape index (κ1) is 25.9. The number of nitrogens with zero attached hydrogens (tertiary/aromatic N) is 3. The van der Waals surface area contributed by atoms with Crippen molar-refractivity contribution in [1.29, 1.82) is 0 Å². The topological polar surface area (TPSA) is 59.4 Å². The summed E-state index contributed by atoms with van der Waals surface area (Å²) in [7, 11) is 1.86. The molecule has 37 heavy (non-hydrogen) atoms. The number of ether oxygens (including phenoxy) is 1. The highest BCUT2D eigenvalue weighted by Crippen LogP contribution is 2.35. The normalized spacial score (nSPS) is 22.2. The Morgan fingerprint density at radius 3 is 2.62 bits per heavy atom. The quantitative estimate of drug-likeness (QED) is 0.448. The van der Waals surface area contributed by atoms with Crippen molar-refractivity contribution in [2.75, 3.05) is 32.1 Å². The molecular weight excluding hydrogens is 460 g/mol. The zero-order valence-corrected chi connectivity index (χ0v) is 23.3. The van der Waals surface area contributed by atoms with Gasteiger partial charge >= 0.3 is 0 Å². The Morgan fingerprint density at radius 2 is 1.89 bits per heavy atom. The van der Waals surface area contributed by atoms with Crippen LogP contribution >= 0.6 is 0 Å². The van der Waals surface area contributed by atoms with Crippen LogP contribution in [-0.4, -0.2) is 53.2 Å². The lowest BCUT2D eigenvalue weighted by molar-refractivity contribution is -0.118. The third-order valence-corrected chi connectivity index (χ3v) is 8.16. The van der Waals surface area contributed by atoms with Gasteiger partial charge in [0.15, 0.2) is 0 Å².